The number of halogens is 1. The molecule has 2 rings (SSSR count). The summed E-state index contributed by atoms with van der Waals surface area (Å²) in [6.07, 6.45) is 0.931. The van der Waals surface area contributed by atoms with Crippen LogP contribution in [0.15, 0.2) is 18.2 Å². The van der Waals surface area contributed by atoms with Crippen molar-refractivity contribution in [3.63, 3.8) is 0 Å². The Labute approximate surface area is 102 Å². The van der Waals surface area contributed by atoms with Crippen LogP contribution in [-0.2, 0) is 4.79 Å². The highest BCUT2D eigenvalue weighted by atomic mass is 19.1. The average molecular weight is 253 g/mol. The maximum atomic E-state index is 13.1. The van der Waals surface area contributed by atoms with Crippen molar-refractivity contribution in [1.82, 2.24) is 5.32 Å². The quantitative estimate of drug-likeness (QED) is 0.630. The van der Waals surface area contributed by atoms with Crippen LogP contribution in [0.3, 0.4) is 0 Å². The van der Waals surface area contributed by atoms with Crippen LogP contribution in [0.25, 0.3) is 0 Å². The molecule has 1 aliphatic rings. The Morgan fingerprint density at radius 3 is 2.89 bits per heavy atom. The van der Waals surface area contributed by atoms with E-state index in [0.29, 0.717) is 19.4 Å². The molecule has 0 bridgehead atoms. The third-order valence-corrected chi connectivity index (χ3v) is 2.78. The predicted octanol–water partition coefficient (Wildman–Crippen LogP) is 1.42. The second-order valence-corrected chi connectivity index (χ2v) is 4.10. The fourth-order valence-electron chi connectivity index (χ4n) is 1.86. The third kappa shape index (κ3) is 2.73. The van der Waals surface area contributed by atoms with Crippen LogP contribution in [0.5, 0.6) is 0 Å². The highest BCUT2D eigenvalue weighted by Gasteiger charge is 2.21. The van der Waals surface area contributed by atoms with Crippen molar-refractivity contribution in [2.75, 3.05) is 11.9 Å². The number of nitro benzene ring substituents is 1. The summed E-state index contributed by atoms with van der Waals surface area (Å²) in [4.78, 5) is 21.2. The third-order valence-electron chi connectivity index (χ3n) is 2.78. The Balaban J connectivity index is 2.15. The molecule has 0 aromatic heterocycles. The zero-order valence-electron chi connectivity index (χ0n) is 9.48. The van der Waals surface area contributed by atoms with Crippen molar-refractivity contribution in [2.24, 2.45) is 0 Å². The molecule has 1 amide bonds. The van der Waals surface area contributed by atoms with E-state index in [2.05, 4.69) is 10.6 Å². The molecule has 6 nitrogen and oxygen atoms in total. The lowest BCUT2D eigenvalue weighted by molar-refractivity contribution is -0.384. The second kappa shape index (κ2) is 4.99. The molecular formula is C11H12FN3O3. The van der Waals surface area contributed by atoms with Gasteiger partial charge in [-0.25, -0.2) is 4.39 Å². The lowest BCUT2D eigenvalue weighted by Crippen LogP contribution is -2.41. The molecule has 96 valence electrons. The van der Waals surface area contributed by atoms with Gasteiger partial charge in [-0.3, -0.25) is 14.9 Å². The number of anilines is 1. The highest BCUT2D eigenvalue weighted by Crippen LogP contribution is 2.26. The van der Waals surface area contributed by atoms with Gasteiger partial charge in [0.1, 0.15) is 11.5 Å². The molecule has 7 heteroatoms. The van der Waals surface area contributed by atoms with E-state index in [4.69, 9.17) is 0 Å². The molecule has 0 aliphatic carbocycles. The van der Waals surface area contributed by atoms with Gasteiger partial charge in [0, 0.05) is 31.1 Å². The summed E-state index contributed by atoms with van der Waals surface area (Å²) in [5.41, 5.74) is -0.0329. The van der Waals surface area contributed by atoms with Crippen molar-refractivity contribution in [2.45, 2.75) is 18.9 Å². The zero-order chi connectivity index (χ0) is 13.1. The number of nitrogens with one attached hydrogen (secondary N) is 2. The Bertz CT molecular complexity index is 482. The molecule has 2 N–H and O–H groups in total. The summed E-state index contributed by atoms with van der Waals surface area (Å²) in [6, 6.07) is 3.14. The van der Waals surface area contributed by atoms with E-state index in [1.54, 1.807) is 0 Å². The number of carbonyl (C=O) groups excluding carboxylic acids is 1. The monoisotopic (exact) mass is 253 g/mol. The van der Waals surface area contributed by atoms with E-state index >= 15 is 0 Å². The van der Waals surface area contributed by atoms with E-state index in [0.717, 1.165) is 18.2 Å². The SMILES string of the molecule is O=C1CCC(Nc2cc(F)ccc2[N+](=O)[O-])CN1. The Morgan fingerprint density at radius 2 is 2.28 bits per heavy atom. The predicted molar refractivity (Wildman–Crippen MR) is 62.7 cm³/mol. The number of amides is 1. The summed E-state index contributed by atoms with van der Waals surface area (Å²) in [6.45, 7) is 0.381. The van der Waals surface area contributed by atoms with Crippen LogP contribution in [0.2, 0.25) is 0 Å². The lowest BCUT2D eigenvalue weighted by Gasteiger charge is -2.24. The van der Waals surface area contributed by atoms with Gasteiger partial charge in [0.2, 0.25) is 5.91 Å². The molecule has 0 spiro atoms. The lowest BCUT2D eigenvalue weighted by atomic mass is 10.1. The maximum Gasteiger partial charge on any atom is 0.292 e. The first kappa shape index (κ1) is 12.3. The fraction of sp³-hybridized carbons (Fsp3) is 0.364. The van der Waals surface area contributed by atoms with Crippen LogP contribution in [0.4, 0.5) is 15.8 Å². The molecule has 1 unspecified atom stereocenters. The van der Waals surface area contributed by atoms with E-state index in [-0.39, 0.29) is 23.3 Å². The molecular weight excluding hydrogens is 241 g/mol. The average Bonchev–Trinajstić information content (AvgIpc) is 2.32. The van der Waals surface area contributed by atoms with Gasteiger partial charge in [0.25, 0.3) is 5.69 Å². The Kier molecular flexibility index (Phi) is 3.40. The van der Waals surface area contributed by atoms with Gasteiger partial charge in [-0.15, -0.1) is 0 Å². The fourth-order valence-corrected chi connectivity index (χ4v) is 1.86. The number of rotatable bonds is 3. The molecule has 1 saturated heterocycles. The first-order valence-corrected chi connectivity index (χ1v) is 5.53. The Morgan fingerprint density at radius 1 is 1.50 bits per heavy atom. The Hall–Kier alpha value is -2.18. The minimum absolute atomic E-state index is 0.0400. The first-order valence-electron chi connectivity index (χ1n) is 5.53. The molecule has 1 fully saturated rings. The van der Waals surface area contributed by atoms with Gasteiger partial charge in [-0.05, 0) is 12.5 Å². The van der Waals surface area contributed by atoms with E-state index in [9.17, 15) is 19.3 Å². The van der Waals surface area contributed by atoms with E-state index in [1.807, 2.05) is 0 Å². The topological polar surface area (TPSA) is 84.3 Å². The number of nitro groups is 1. The molecule has 1 aromatic rings. The van der Waals surface area contributed by atoms with Crippen LogP contribution in [0.1, 0.15) is 12.8 Å². The number of hydrogen-bond acceptors (Lipinski definition) is 4. The van der Waals surface area contributed by atoms with Gasteiger partial charge < -0.3 is 10.6 Å². The standard InChI is InChI=1S/C11H12FN3O3/c12-7-1-3-10(15(17)18)9(5-7)14-8-2-4-11(16)13-6-8/h1,3,5,8,14H,2,4,6H2,(H,13,16). The van der Waals surface area contributed by atoms with Crippen LogP contribution in [-0.4, -0.2) is 23.4 Å². The smallest absolute Gasteiger partial charge is 0.292 e. The summed E-state index contributed by atoms with van der Waals surface area (Å²) < 4.78 is 13.1. The molecule has 1 aliphatic heterocycles. The molecule has 0 saturated carbocycles. The molecule has 1 atom stereocenters. The number of nitrogens with zero attached hydrogens (tertiary/aromatic N) is 1. The zero-order valence-corrected chi connectivity index (χ0v) is 9.48. The van der Waals surface area contributed by atoms with Crippen molar-refractivity contribution in [1.29, 1.82) is 0 Å². The molecule has 18 heavy (non-hydrogen) atoms. The summed E-state index contributed by atoms with van der Waals surface area (Å²) in [7, 11) is 0. The van der Waals surface area contributed by atoms with Crippen LogP contribution < -0.4 is 10.6 Å². The minimum atomic E-state index is -0.566. The number of carbonyl (C=O) groups is 1. The number of piperidine rings is 1. The van der Waals surface area contributed by atoms with Crippen LogP contribution in [0, 0.1) is 15.9 Å². The number of benzene rings is 1. The van der Waals surface area contributed by atoms with Crippen molar-refractivity contribution < 1.29 is 14.1 Å². The summed E-state index contributed by atoms with van der Waals surface area (Å²) >= 11 is 0. The highest BCUT2D eigenvalue weighted by molar-refractivity contribution is 5.77. The largest absolute Gasteiger partial charge is 0.375 e. The summed E-state index contributed by atoms with van der Waals surface area (Å²) in [5, 5.41) is 16.3. The summed E-state index contributed by atoms with van der Waals surface area (Å²) in [5.74, 6) is -0.579. The number of hydrogen-bond donors (Lipinski definition) is 2. The van der Waals surface area contributed by atoms with E-state index < -0.39 is 10.7 Å². The molecule has 1 heterocycles. The second-order valence-electron chi connectivity index (χ2n) is 4.10. The minimum Gasteiger partial charge on any atom is -0.375 e. The van der Waals surface area contributed by atoms with Crippen LogP contribution >= 0.6 is 0 Å². The van der Waals surface area contributed by atoms with Crippen molar-refractivity contribution >= 4 is 17.3 Å². The molecule has 1 aromatic carbocycles. The van der Waals surface area contributed by atoms with Crippen molar-refractivity contribution in [3.05, 3.63) is 34.1 Å². The van der Waals surface area contributed by atoms with E-state index in [1.165, 1.54) is 0 Å². The van der Waals surface area contributed by atoms with Gasteiger partial charge in [0.15, 0.2) is 0 Å². The maximum absolute atomic E-state index is 13.1. The van der Waals surface area contributed by atoms with Gasteiger partial charge in [-0.1, -0.05) is 0 Å². The normalized spacial score (nSPS) is 19.2. The van der Waals surface area contributed by atoms with Crippen molar-refractivity contribution in [3.8, 4) is 0 Å². The first-order chi connectivity index (χ1) is 8.56. The van der Waals surface area contributed by atoms with Gasteiger partial charge in [0.05, 0.1) is 4.92 Å². The van der Waals surface area contributed by atoms with Gasteiger partial charge in [-0.2, -0.15) is 0 Å². The van der Waals surface area contributed by atoms with Gasteiger partial charge >= 0.3 is 0 Å². The molecule has 0 radical (unpaired) electrons.